The third kappa shape index (κ3) is 4.33. The molecule has 0 fully saturated rings. The summed E-state index contributed by atoms with van der Waals surface area (Å²) in [6, 6.07) is 0. The van der Waals surface area contributed by atoms with Gasteiger partial charge in [-0.25, -0.2) is 0 Å². The number of nitrogens with zero attached hydrogens (tertiary/aromatic N) is 4. The fraction of sp³-hybridized carbons (Fsp3) is 0.750. The lowest BCUT2D eigenvalue weighted by Gasteiger charge is -2.19. The number of nitrogens with one attached hydrogen (secondary N) is 1. The SMILES string of the molecule is CCCSc1nc(NCC)nc(N(CC)CC)n1. The fourth-order valence-electron chi connectivity index (χ4n) is 1.49. The van der Waals surface area contributed by atoms with E-state index in [1.807, 2.05) is 6.92 Å². The summed E-state index contributed by atoms with van der Waals surface area (Å²) in [5, 5.41) is 3.98. The molecule has 0 saturated carbocycles. The van der Waals surface area contributed by atoms with Gasteiger partial charge in [0.05, 0.1) is 0 Å². The van der Waals surface area contributed by atoms with Crippen molar-refractivity contribution in [3.8, 4) is 0 Å². The van der Waals surface area contributed by atoms with Crippen LogP contribution in [0.5, 0.6) is 0 Å². The van der Waals surface area contributed by atoms with Crippen LogP contribution in [-0.2, 0) is 0 Å². The molecule has 1 aromatic rings. The third-order valence-electron chi connectivity index (χ3n) is 2.42. The van der Waals surface area contributed by atoms with Crippen LogP contribution < -0.4 is 10.2 Å². The van der Waals surface area contributed by atoms with E-state index < -0.39 is 0 Å². The molecule has 6 heteroatoms. The van der Waals surface area contributed by atoms with Crippen molar-refractivity contribution in [2.45, 2.75) is 39.3 Å². The molecule has 1 heterocycles. The van der Waals surface area contributed by atoms with Crippen molar-refractivity contribution in [1.82, 2.24) is 15.0 Å². The Morgan fingerprint density at radius 3 is 2.33 bits per heavy atom. The van der Waals surface area contributed by atoms with Crippen molar-refractivity contribution in [1.29, 1.82) is 0 Å². The minimum atomic E-state index is 0.674. The second-order valence-electron chi connectivity index (χ2n) is 3.79. The van der Waals surface area contributed by atoms with E-state index in [1.165, 1.54) is 0 Å². The standard InChI is InChI=1S/C12H23N5S/c1-5-9-18-12-15-10(13-6-2)14-11(16-12)17(7-3)8-4/h5-9H2,1-4H3,(H,13,14,15,16). The summed E-state index contributed by atoms with van der Waals surface area (Å²) in [7, 11) is 0. The van der Waals surface area contributed by atoms with Crippen LogP contribution in [0.1, 0.15) is 34.1 Å². The molecule has 102 valence electrons. The van der Waals surface area contributed by atoms with Crippen LogP contribution in [0.15, 0.2) is 5.16 Å². The molecule has 1 N–H and O–H groups in total. The maximum atomic E-state index is 4.52. The lowest BCUT2D eigenvalue weighted by Crippen LogP contribution is -2.25. The molecule has 0 radical (unpaired) electrons. The molecule has 0 aromatic carbocycles. The lowest BCUT2D eigenvalue weighted by atomic mass is 10.5. The lowest BCUT2D eigenvalue weighted by molar-refractivity contribution is 0.782. The van der Waals surface area contributed by atoms with E-state index in [0.29, 0.717) is 5.95 Å². The Kier molecular flexibility index (Phi) is 6.78. The predicted octanol–water partition coefficient (Wildman–Crippen LogP) is 2.65. The van der Waals surface area contributed by atoms with Gasteiger partial charge >= 0.3 is 0 Å². The number of rotatable bonds is 8. The Bertz CT molecular complexity index is 354. The van der Waals surface area contributed by atoms with E-state index in [4.69, 9.17) is 0 Å². The molecule has 0 atom stereocenters. The molecule has 0 unspecified atom stereocenters. The van der Waals surface area contributed by atoms with Crippen LogP contribution in [-0.4, -0.2) is 40.3 Å². The maximum absolute atomic E-state index is 4.52. The molecule has 0 aliphatic heterocycles. The Morgan fingerprint density at radius 2 is 1.78 bits per heavy atom. The molecule has 0 spiro atoms. The summed E-state index contributed by atoms with van der Waals surface area (Å²) >= 11 is 1.68. The minimum absolute atomic E-state index is 0.674. The van der Waals surface area contributed by atoms with Crippen LogP contribution >= 0.6 is 11.8 Å². The number of hydrogen-bond donors (Lipinski definition) is 1. The fourth-order valence-corrected chi connectivity index (χ4v) is 2.17. The quantitative estimate of drug-likeness (QED) is 0.732. The first-order chi connectivity index (χ1) is 8.74. The highest BCUT2D eigenvalue weighted by Crippen LogP contribution is 2.19. The Balaban J connectivity index is 2.96. The highest BCUT2D eigenvalue weighted by atomic mass is 32.2. The summed E-state index contributed by atoms with van der Waals surface area (Å²) < 4.78 is 0. The van der Waals surface area contributed by atoms with Crippen molar-refractivity contribution < 1.29 is 0 Å². The monoisotopic (exact) mass is 269 g/mol. The van der Waals surface area contributed by atoms with Gasteiger partial charge in [-0.2, -0.15) is 15.0 Å². The molecular weight excluding hydrogens is 246 g/mol. The average molecular weight is 269 g/mol. The van der Waals surface area contributed by atoms with Gasteiger partial charge in [-0.3, -0.25) is 0 Å². The average Bonchev–Trinajstić information content (AvgIpc) is 2.38. The number of anilines is 2. The van der Waals surface area contributed by atoms with Crippen LogP contribution in [0.4, 0.5) is 11.9 Å². The second-order valence-corrected chi connectivity index (χ2v) is 4.85. The van der Waals surface area contributed by atoms with E-state index >= 15 is 0 Å². The largest absolute Gasteiger partial charge is 0.354 e. The van der Waals surface area contributed by atoms with E-state index in [-0.39, 0.29) is 0 Å². The maximum Gasteiger partial charge on any atom is 0.231 e. The van der Waals surface area contributed by atoms with Crippen LogP contribution in [0.25, 0.3) is 0 Å². The van der Waals surface area contributed by atoms with Gasteiger partial charge in [0, 0.05) is 25.4 Å². The van der Waals surface area contributed by atoms with E-state index in [2.05, 4.69) is 45.9 Å². The van der Waals surface area contributed by atoms with Gasteiger partial charge in [-0.05, 0) is 27.2 Å². The zero-order valence-corrected chi connectivity index (χ0v) is 12.5. The second kappa shape index (κ2) is 8.13. The summed E-state index contributed by atoms with van der Waals surface area (Å²) in [4.78, 5) is 15.5. The van der Waals surface area contributed by atoms with Crippen LogP contribution in [0.3, 0.4) is 0 Å². The first-order valence-corrected chi connectivity index (χ1v) is 7.61. The normalized spacial score (nSPS) is 10.4. The molecule has 1 aromatic heterocycles. The zero-order chi connectivity index (χ0) is 13.4. The molecule has 1 rings (SSSR count). The zero-order valence-electron chi connectivity index (χ0n) is 11.7. The van der Waals surface area contributed by atoms with Gasteiger partial charge in [0.2, 0.25) is 11.9 Å². The first kappa shape index (κ1) is 15.0. The summed E-state index contributed by atoms with van der Waals surface area (Å²) in [5.41, 5.74) is 0. The van der Waals surface area contributed by atoms with Crippen LogP contribution in [0, 0.1) is 0 Å². The highest BCUT2D eigenvalue weighted by Gasteiger charge is 2.10. The number of hydrogen-bond acceptors (Lipinski definition) is 6. The van der Waals surface area contributed by atoms with Gasteiger partial charge in [0.25, 0.3) is 0 Å². The van der Waals surface area contributed by atoms with Crippen molar-refractivity contribution >= 4 is 23.7 Å². The molecule has 0 saturated heterocycles. The Hall–Kier alpha value is -1.04. The van der Waals surface area contributed by atoms with Crippen molar-refractivity contribution in [2.24, 2.45) is 0 Å². The van der Waals surface area contributed by atoms with Crippen LogP contribution in [0.2, 0.25) is 0 Å². The molecule has 0 aliphatic carbocycles. The molecular formula is C12H23N5S. The molecule has 0 amide bonds. The molecule has 18 heavy (non-hydrogen) atoms. The summed E-state index contributed by atoms with van der Waals surface area (Å²) in [6.07, 6.45) is 1.12. The summed E-state index contributed by atoms with van der Waals surface area (Å²) in [6.45, 7) is 11.1. The first-order valence-electron chi connectivity index (χ1n) is 6.62. The summed E-state index contributed by atoms with van der Waals surface area (Å²) in [5.74, 6) is 2.48. The van der Waals surface area contributed by atoms with Gasteiger partial charge < -0.3 is 10.2 Å². The predicted molar refractivity (Wildman–Crippen MR) is 78.6 cm³/mol. The van der Waals surface area contributed by atoms with Gasteiger partial charge in [0.15, 0.2) is 5.16 Å². The van der Waals surface area contributed by atoms with Crippen molar-refractivity contribution in [3.63, 3.8) is 0 Å². The van der Waals surface area contributed by atoms with Gasteiger partial charge in [-0.15, -0.1) is 0 Å². The molecule has 0 aliphatic rings. The van der Waals surface area contributed by atoms with E-state index in [9.17, 15) is 0 Å². The van der Waals surface area contributed by atoms with Crippen molar-refractivity contribution in [3.05, 3.63) is 0 Å². The van der Waals surface area contributed by atoms with Gasteiger partial charge in [0.1, 0.15) is 0 Å². The highest BCUT2D eigenvalue weighted by molar-refractivity contribution is 7.99. The Labute approximate surface area is 114 Å². The molecule has 5 nitrogen and oxygen atoms in total. The topological polar surface area (TPSA) is 53.9 Å². The number of thioether (sulfide) groups is 1. The third-order valence-corrected chi connectivity index (χ3v) is 3.47. The molecule has 0 bridgehead atoms. The van der Waals surface area contributed by atoms with Gasteiger partial charge in [-0.1, -0.05) is 18.7 Å². The van der Waals surface area contributed by atoms with E-state index in [1.54, 1.807) is 11.8 Å². The van der Waals surface area contributed by atoms with Crippen molar-refractivity contribution in [2.75, 3.05) is 35.6 Å². The minimum Gasteiger partial charge on any atom is -0.354 e. The van der Waals surface area contributed by atoms with E-state index in [0.717, 1.165) is 42.9 Å². The smallest absolute Gasteiger partial charge is 0.231 e. The number of aromatic nitrogens is 3. The Morgan fingerprint density at radius 1 is 1.06 bits per heavy atom.